The van der Waals surface area contributed by atoms with Gasteiger partial charge < -0.3 is 10.1 Å². The Hall–Kier alpha value is -1.77. The number of nitrogens with zero attached hydrogens (tertiary/aromatic N) is 1. The summed E-state index contributed by atoms with van der Waals surface area (Å²) >= 11 is 0. The van der Waals surface area contributed by atoms with Crippen LogP contribution < -0.4 is 10.1 Å². The Bertz CT molecular complexity index is 621. The fourth-order valence-electron chi connectivity index (χ4n) is 3.09. The first-order valence-corrected chi connectivity index (χ1v) is 6.74. The molecule has 2 aromatic rings. The van der Waals surface area contributed by atoms with Gasteiger partial charge in [0.2, 0.25) is 0 Å². The third-order valence-electron chi connectivity index (χ3n) is 3.91. The number of hydrogen-bond acceptors (Lipinski definition) is 3. The van der Waals surface area contributed by atoms with E-state index >= 15 is 0 Å². The molecule has 0 saturated carbocycles. The molecule has 0 fully saturated rings. The number of anilines is 1. The van der Waals surface area contributed by atoms with Crippen LogP contribution in [0.1, 0.15) is 24.1 Å². The van der Waals surface area contributed by atoms with Crippen LogP contribution in [-0.4, -0.2) is 18.1 Å². The second kappa shape index (κ2) is 3.87. The van der Waals surface area contributed by atoms with E-state index in [2.05, 4.69) is 17.4 Å². The van der Waals surface area contributed by atoms with Crippen molar-refractivity contribution in [3.8, 4) is 5.75 Å². The number of fused-ring (bicyclic) bond motifs is 2. The Morgan fingerprint density at radius 2 is 2.11 bits per heavy atom. The first kappa shape index (κ1) is 10.2. The van der Waals surface area contributed by atoms with Crippen molar-refractivity contribution >= 4 is 16.6 Å². The molecular weight excluding hydrogens is 224 g/mol. The summed E-state index contributed by atoms with van der Waals surface area (Å²) in [6, 6.07) is 6.18. The Morgan fingerprint density at radius 1 is 1.17 bits per heavy atom. The number of aryl methyl sites for hydroxylation is 1. The zero-order valence-corrected chi connectivity index (χ0v) is 10.3. The average Bonchev–Trinajstić information content (AvgIpc) is 2.63. The second-order valence-electron chi connectivity index (χ2n) is 5.04. The highest BCUT2D eigenvalue weighted by Crippen LogP contribution is 2.38. The maximum absolute atomic E-state index is 5.81. The molecule has 2 aliphatic rings. The van der Waals surface area contributed by atoms with Gasteiger partial charge in [0.15, 0.2) is 0 Å². The summed E-state index contributed by atoms with van der Waals surface area (Å²) in [5.41, 5.74) is 5.06. The second-order valence-corrected chi connectivity index (χ2v) is 5.04. The predicted molar refractivity (Wildman–Crippen MR) is 72.4 cm³/mol. The first-order valence-electron chi connectivity index (χ1n) is 6.74. The van der Waals surface area contributed by atoms with Crippen LogP contribution >= 0.6 is 0 Å². The van der Waals surface area contributed by atoms with Gasteiger partial charge >= 0.3 is 0 Å². The summed E-state index contributed by atoms with van der Waals surface area (Å²) < 4.78 is 5.81. The summed E-state index contributed by atoms with van der Waals surface area (Å²) in [6.07, 6.45) is 4.80. The predicted octanol–water partition coefficient (Wildman–Crippen LogP) is 2.92. The van der Waals surface area contributed by atoms with Gasteiger partial charge in [0.05, 0.1) is 16.6 Å². The molecule has 0 atom stereocenters. The topological polar surface area (TPSA) is 34.2 Å². The van der Waals surface area contributed by atoms with Crippen molar-refractivity contribution < 1.29 is 4.74 Å². The van der Waals surface area contributed by atoms with Gasteiger partial charge in [-0.25, -0.2) is 0 Å². The minimum absolute atomic E-state index is 0.725. The van der Waals surface area contributed by atoms with E-state index < -0.39 is 0 Å². The molecule has 18 heavy (non-hydrogen) atoms. The summed E-state index contributed by atoms with van der Waals surface area (Å²) in [5, 5.41) is 4.73. The molecule has 1 aliphatic heterocycles. The van der Waals surface area contributed by atoms with E-state index in [0.29, 0.717) is 0 Å². The monoisotopic (exact) mass is 240 g/mol. The number of nitrogens with one attached hydrogen (secondary N) is 1. The van der Waals surface area contributed by atoms with Crippen molar-refractivity contribution in [2.75, 3.05) is 18.5 Å². The molecule has 1 aromatic heterocycles. The van der Waals surface area contributed by atoms with E-state index in [-0.39, 0.29) is 0 Å². The van der Waals surface area contributed by atoms with Crippen LogP contribution in [-0.2, 0) is 12.8 Å². The third-order valence-corrected chi connectivity index (χ3v) is 3.91. The SMILES string of the molecule is c1cc2c3c(c4c(nc3c1)CCCC4)NCCO2. The van der Waals surface area contributed by atoms with Gasteiger partial charge in [0, 0.05) is 12.2 Å². The molecule has 0 amide bonds. The average molecular weight is 240 g/mol. The molecule has 3 nitrogen and oxygen atoms in total. The van der Waals surface area contributed by atoms with E-state index in [1.54, 1.807) is 0 Å². The van der Waals surface area contributed by atoms with Gasteiger partial charge in [-0.2, -0.15) is 0 Å². The number of aromatic nitrogens is 1. The Morgan fingerprint density at radius 3 is 3.11 bits per heavy atom. The molecule has 1 aromatic carbocycles. The fraction of sp³-hybridized carbons (Fsp3) is 0.400. The summed E-state index contributed by atoms with van der Waals surface area (Å²) in [5.74, 6) is 0.980. The summed E-state index contributed by atoms with van der Waals surface area (Å²) in [7, 11) is 0. The molecule has 0 unspecified atom stereocenters. The lowest BCUT2D eigenvalue weighted by Crippen LogP contribution is -2.12. The largest absolute Gasteiger partial charge is 0.491 e. The van der Waals surface area contributed by atoms with E-state index in [9.17, 15) is 0 Å². The van der Waals surface area contributed by atoms with Crippen molar-refractivity contribution in [3.63, 3.8) is 0 Å². The molecule has 92 valence electrons. The van der Waals surface area contributed by atoms with E-state index in [4.69, 9.17) is 9.72 Å². The highest BCUT2D eigenvalue weighted by Gasteiger charge is 2.21. The molecule has 0 radical (unpaired) electrons. The highest BCUT2D eigenvalue weighted by atomic mass is 16.5. The van der Waals surface area contributed by atoms with Crippen LogP contribution in [0.15, 0.2) is 18.2 Å². The van der Waals surface area contributed by atoms with Crippen molar-refractivity contribution in [3.05, 3.63) is 29.5 Å². The molecule has 3 heteroatoms. The lowest BCUT2D eigenvalue weighted by molar-refractivity contribution is 0.339. The quantitative estimate of drug-likeness (QED) is 0.768. The zero-order valence-electron chi connectivity index (χ0n) is 10.3. The van der Waals surface area contributed by atoms with Gasteiger partial charge in [-0.05, 0) is 43.4 Å². The maximum atomic E-state index is 5.81. The van der Waals surface area contributed by atoms with Crippen LogP contribution in [0.5, 0.6) is 5.75 Å². The molecule has 1 N–H and O–H groups in total. The number of pyridine rings is 1. The summed E-state index contributed by atoms with van der Waals surface area (Å²) in [4.78, 5) is 4.84. The molecule has 0 saturated heterocycles. The highest BCUT2D eigenvalue weighted by molar-refractivity contribution is 5.98. The molecule has 4 rings (SSSR count). The molecule has 1 aliphatic carbocycles. The fourth-order valence-corrected chi connectivity index (χ4v) is 3.09. The standard InChI is InChI=1S/C15H16N2O/c1-2-5-11-10(4-1)15-14-12(17-11)6-3-7-13(14)18-9-8-16-15/h3,6-7,16H,1-2,4-5,8-9H2. The van der Waals surface area contributed by atoms with Gasteiger partial charge in [0.25, 0.3) is 0 Å². The lowest BCUT2D eigenvalue weighted by atomic mass is 9.92. The van der Waals surface area contributed by atoms with E-state index in [1.807, 2.05) is 6.07 Å². The van der Waals surface area contributed by atoms with Crippen LogP contribution in [0.3, 0.4) is 0 Å². The normalized spacial score (nSPS) is 17.6. The third kappa shape index (κ3) is 1.40. The Labute approximate surface area is 106 Å². The maximum Gasteiger partial charge on any atom is 0.130 e. The smallest absolute Gasteiger partial charge is 0.130 e. The molecular formula is C15H16N2O. The number of ether oxygens (including phenoxy) is 1. The van der Waals surface area contributed by atoms with E-state index in [0.717, 1.165) is 37.3 Å². The van der Waals surface area contributed by atoms with Crippen LogP contribution in [0.4, 0.5) is 5.69 Å². The van der Waals surface area contributed by atoms with Gasteiger partial charge in [0.1, 0.15) is 12.4 Å². The Balaban J connectivity index is 2.10. The van der Waals surface area contributed by atoms with Crippen molar-refractivity contribution in [2.24, 2.45) is 0 Å². The Kier molecular flexibility index (Phi) is 2.19. The molecule has 0 bridgehead atoms. The minimum atomic E-state index is 0.725. The minimum Gasteiger partial charge on any atom is -0.491 e. The number of hydrogen-bond donors (Lipinski definition) is 1. The van der Waals surface area contributed by atoms with Gasteiger partial charge in [-0.15, -0.1) is 0 Å². The van der Waals surface area contributed by atoms with Crippen LogP contribution in [0.2, 0.25) is 0 Å². The lowest BCUT2D eigenvalue weighted by Gasteiger charge is -2.20. The van der Waals surface area contributed by atoms with Crippen LogP contribution in [0.25, 0.3) is 10.9 Å². The number of rotatable bonds is 0. The zero-order chi connectivity index (χ0) is 11.9. The first-order chi connectivity index (χ1) is 8.93. The van der Waals surface area contributed by atoms with E-state index in [1.165, 1.54) is 35.2 Å². The van der Waals surface area contributed by atoms with Crippen molar-refractivity contribution in [2.45, 2.75) is 25.7 Å². The summed E-state index contributed by atoms with van der Waals surface area (Å²) in [6.45, 7) is 1.60. The van der Waals surface area contributed by atoms with Crippen molar-refractivity contribution in [1.82, 2.24) is 4.98 Å². The van der Waals surface area contributed by atoms with Gasteiger partial charge in [-0.1, -0.05) is 6.07 Å². The molecule has 2 heterocycles. The molecule has 0 spiro atoms. The van der Waals surface area contributed by atoms with Gasteiger partial charge in [-0.3, -0.25) is 4.98 Å². The number of benzene rings is 1. The van der Waals surface area contributed by atoms with Crippen molar-refractivity contribution in [1.29, 1.82) is 0 Å². The van der Waals surface area contributed by atoms with Crippen LogP contribution in [0, 0.1) is 0 Å².